The molecule has 0 aromatic rings. The molecule has 0 spiro atoms. The molecule has 0 radical (unpaired) electrons. The van der Waals surface area contributed by atoms with E-state index in [1.807, 2.05) is 18.7 Å². The van der Waals surface area contributed by atoms with Gasteiger partial charge in [0, 0.05) is 37.7 Å². The van der Waals surface area contributed by atoms with Crippen molar-refractivity contribution in [1.29, 1.82) is 0 Å². The van der Waals surface area contributed by atoms with Crippen LogP contribution in [0.3, 0.4) is 0 Å². The Kier molecular flexibility index (Phi) is 26.1. The Balaban J connectivity index is 3.37. The number of carbonyl (C=O) groups is 3. The third-order valence-electron chi connectivity index (χ3n) is 5.36. The first-order valence-corrected chi connectivity index (χ1v) is 14.8. The number of nitrogens with zero attached hydrogens (tertiary/aromatic N) is 1. The maximum atomic E-state index is 12.2. The Bertz CT molecular complexity index is 595. The van der Waals surface area contributed by atoms with Crippen LogP contribution in [0.2, 0.25) is 0 Å². The molecule has 0 saturated heterocycles. The lowest BCUT2D eigenvalue weighted by Gasteiger charge is -2.22. The predicted octanol–water partition coefficient (Wildman–Crippen LogP) is 2.55. The van der Waals surface area contributed by atoms with Crippen LogP contribution in [0.15, 0.2) is 0 Å². The normalized spacial score (nSPS) is 11.8. The van der Waals surface area contributed by atoms with Crippen LogP contribution in [0.1, 0.15) is 46.5 Å². The number of nitrogens with one attached hydrogen (secondary N) is 1. The average Bonchev–Trinajstić information content (AvgIpc) is 2.91. The lowest BCUT2D eigenvalue weighted by molar-refractivity contribution is -0.124. The van der Waals surface area contributed by atoms with Gasteiger partial charge in [0.05, 0.1) is 66.1 Å². The quantitative estimate of drug-likeness (QED) is 0.148. The zero-order valence-electron chi connectivity index (χ0n) is 23.8. The number of carbonyl (C=O) groups excluding carboxylic acids is 3. The fourth-order valence-electron chi connectivity index (χ4n) is 3.07. The van der Waals surface area contributed by atoms with Crippen molar-refractivity contribution >= 4 is 29.5 Å². The minimum Gasteiger partial charge on any atom is -0.447 e. The average molecular weight is 567 g/mol. The molecule has 0 saturated carbocycles. The summed E-state index contributed by atoms with van der Waals surface area (Å²) in [4.78, 5) is 36.1. The molecule has 0 aromatic heterocycles. The highest BCUT2D eigenvalue weighted by Gasteiger charge is 2.15. The highest BCUT2D eigenvalue weighted by atomic mass is 32.2. The molecular formula is C26H50N2O9S. The number of rotatable bonds is 27. The van der Waals surface area contributed by atoms with Crippen molar-refractivity contribution < 1.29 is 42.8 Å². The zero-order chi connectivity index (χ0) is 28.3. The van der Waals surface area contributed by atoms with Crippen LogP contribution in [-0.4, -0.2) is 126 Å². The van der Waals surface area contributed by atoms with E-state index in [2.05, 4.69) is 18.5 Å². The molecule has 224 valence electrons. The van der Waals surface area contributed by atoms with Crippen LogP contribution in [0.5, 0.6) is 0 Å². The van der Waals surface area contributed by atoms with Crippen LogP contribution in [-0.2, 0) is 38.0 Å². The molecule has 0 aromatic carbocycles. The van der Waals surface area contributed by atoms with E-state index in [0.29, 0.717) is 91.0 Å². The maximum Gasteiger partial charge on any atom is 0.409 e. The maximum absolute atomic E-state index is 12.2. The number of hydrogen-bond acceptors (Lipinski definition) is 10. The zero-order valence-corrected chi connectivity index (χ0v) is 24.7. The van der Waals surface area contributed by atoms with Crippen LogP contribution >= 0.6 is 11.8 Å². The highest BCUT2D eigenvalue weighted by molar-refractivity contribution is 7.99. The topological polar surface area (TPSA) is 122 Å². The lowest BCUT2D eigenvalue weighted by Crippen LogP contribution is -2.34. The summed E-state index contributed by atoms with van der Waals surface area (Å²) in [5, 5.41) is 3.26. The molecule has 11 nitrogen and oxygen atoms in total. The van der Waals surface area contributed by atoms with Crippen molar-refractivity contribution in [2.45, 2.75) is 51.7 Å². The van der Waals surface area contributed by atoms with E-state index in [1.165, 1.54) is 6.92 Å². The fourth-order valence-corrected chi connectivity index (χ4v) is 3.74. The summed E-state index contributed by atoms with van der Waals surface area (Å²) in [5.41, 5.74) is 0. The van der Waals surface area contributed by atoms with E-state index in [9.17, 15) is 14.4 Å². The van der Waals surface area contributed by atoms with Gasteiger partial charge >= 0.3 is 6.09 Å². The molecule has 2 amide bonds. The van der Waals surface area contributed by atoms with Crippen molar-refractivity contribution in [2.75, 3.05) is 98.6 Å². The van der Waals surface area contributed by atoms with Crippen molar-refractivity contribution in [2.24, 2.45) is 0 Å². The van der Waals surface area contributed by atoms with E-state index in [0.717, 1.165) is 12.8 Å². The van der Waals surface area contributed by atoms with Gasteiger partial charge in [0.2, 0.25) is 5.91 Å². The molecule has 0 aliphatic rings. The standard InChI is InChI=1S/C26H50N2O9S/c1-5-24(38-4)9-11-28(6-2)26(31)37-22-21-36-20-19-35-18-17-34-16-15-33-14-13-32-12-10-27-25(30)8-7-23(3)29/h24H,5-22H2,1-4H3,(H,27,30). The Morgan fingerprint density at radius 1 is 0.763 bits per heavy atom. The molecule has 38 heavy (non-hydrogen) atoms. The fraction of sp³-hybridized carbons (Fsp3) is 0.885. The number of ether oxygens (including phenoxy) is 6. The van der Waals surface area contributed by atoms with E-state index < -0.39 is 0 Å². The molecule has 12 heteroatoms. The second kappa shape index (κ2) is 27.1. The van der Waals surface area contributed by atoms with Crippen molar-refractivity contribution in [3.63, 3.8) is 0 Å². The third kappa shape index (κ3) is 23.7. The Hall–Kier alpha value is -1.44. The van der Waals surface area contributed by atoms with Gasteiger partial charge in [-0.25, -0.2) is 4.79 Å². The lowest BCUT2D eigenvalue weighted by atomic mass is 10.2. The largest absolute Gasteiger partial charge is 0.447 e. The van der Waals surface area contributed by atoms with E-state index in [4.69, 9.17) is 28.4 Å². The van der Waals surface area contributed by atoms with Gasteiger partial charge in [-0.2, -0.15) is 11.8 Å². The third-order valence-corrected chi connectivity index (χ3v) is 6.60. The summed E-state index contributed by atoms with van der Waals surface area (Å²) < 4.78 is 32.4. The van der Waals surface area contributed by atoms with Gasteiger partial charge in [0.1, 0.15) is 12.4 Å². The van der Waals surface area contributed by atoms with Crippen molar-refractivity contribution in [1.82, 2.24) is 10.2 Å². The SMILES string of the molecule is CCC(CCN(CC)C(=O)OCCOCCOCCOCCOCCOCCNC(=O)CCC(C)=O)SC. The number of amides is 2. The van der Waals surface area contributed by atoms with Gasteiger partial charge in [-0.1, -0.05) is 6.92 Å². The number of Topliss-reactive ketones (excluding diaryl/α,β-unsaturated/α-hetero) is 1. The highest BCUT2D eigenvalue weighted by Crippen LogP contribution is 2.15. The Labute approximate surface area is 232 Å². The minimum absolute atomic E-state index is 0.00385. The monoisotopic (exact) mass is 566 g/mol. The van der Waals surface area contributed by atoms with Gasteiger partial charge < -0.3 is 43.4 Å². The van der Waals surface area contributed by atoms with Crippen LogP contribution in [0.4, 0.5) is 4.79 Å². The van der Waals surface area contributed by atoms with Gasteiger partial charge in [-0.15, -0.1) is 0 Å². The summed E-state index contributed by atoms with van der Waals surface area (Å²) in [6, 6.07) is 0. The summed E-state index contributed by atoms with van der Waals surface area (Å²) in [6.45, 7) is 11.9. The molecule has 0 bridgehead atoms. The molecule has 0 heterocycles. The molecule has 0 rings (SSSR count). The first-order chi connectivity index (χ1) is 18.4. The van der Waals surface area contributed by atoms with Crippen molar-refractivity contribution in [3.05, 3.63) is 0 Å². The predicted molar refractivity (Wildman–Crippen MR) is 148 cm³/mol. The Morgan fingerprint density at radius 2 is 1.26 bits per heavy atom. The molecular weight excluding hydrogens is 516 g/mol. The molecule has 0 aliphatic heterocycles. The van der Waals surface area contributed by atoms with E-state index in [-0.39, 0.29) is 37.2 Å². The van der Waals surface area contributed by atoms with Gasteiger partial charge in [-0.05, 0) is 32.9 Å². The van der Waals surface area contributed by atoms with Crippen molar-refractivity contribution in [3.8, 4) is 0 Å². The first kappa shape index (κ1) is 36.6. The Morgan fingerprint density at radius 3 is 1.71 bits per heavy atom. The van der Waals surface area contributed by atoms with Gasteiger partial charge in [-0.3, -0.25) is 4.79 Å². The summed E-state index contributed by atoms with van der Waals surface area (Å²) in [6.07, 6.45) is 4.35. The molecule has 0 aliphatic carbocycles. The second-order valence-electron chi connectivity index (χ2n) is 8.36. The van der Waals surface area contributed by atoms with Gasteiger partial charge in [0.25, 0.3) is 0 Å². The van der Waals surface area contributed by atoms with E-state index >= 15 is 0 Å². The number of hydrogen-bond donors (Lipinski definition) is 1. The van der Waals surface area contributed by atoms with Gasteiger partial charge in [0.15, 0.2) is 0 Å². The first-order valence-electron chi connectivity index (χ1n) is 13.5. The summed E-state index contributed by atoms with van der Waals surface area (Å²) in [7, 11) is 0. The molecule has 1 atom stereocenters. The van der Waals surface area contributed by atoms with E-state index in [1.54, 1.807) is 4.90 Å². The number of thioether (sulfide) groups is 1. The molecule has 0 fully saturated rings. The molecule has 1 unspecified atom stereocenters. The minimum atomic E-state index is -0.291. The smallest absolute Gasteiger partial charge is 0.409 e. The number of ketones is 1. The molecule has 1 N–H and O–H groups in total. The summed E-state index contributed by atoms with van der Waals surface area (Å²) >= 11 is 1.83. The van der Waals surface area contributed by atoms with Crippen LogP contribution in [0, 0.1) is 0 Å². The van der Waals surface area contributed by atoms with Crippen LogP contribution < -0.4 is 5.32 Å². The summed E-state index contributed by atoms with van der Waals surface area (Å²) in [5.74, 6) is -0.142. The second-order valence-corrected chi connectivity index (χ2v) is 9.50. The van der Waals surface area contributed by atoms with Crippen LogP contribution in [0.25, 0.3) is 0 Å².